The van der Waals surface area contributed by atoms with Gasteiger partial charge in [0.15, 0.2) is 0 Å². The Balaban J connectivity index is 1.34. The lowest BCUT2D eigenvalue weighted by molar-refractivity contribution is 0.00578. The number of carbonyl (C=O) groups excluding carboxylic acids is 2. The van der Waals surface area contributed by atoms with Crippen molar-refractivity contribution in [3.63, 3.8) is 0 Å². The van der Waals surface area contributed by atoms with E-state index in [0.717, 1.165) is 28.3 Å². The van der Waals surface area contributed by atoms with Crippen molar-refractivity contribution in [3.8, 4) is 11.1 Å². The molecule has 1 N–H and O–H groups in total. The summed E-state index contributed by atoms with van der Waals surface area (Å²) in [5, 5.41) is 2.79. The number of benzene rings is 3. The van der Waals surface area contributed by atoms with Crippen LogP contribution in [0.25, 0.3) is 17.2 Å². The minimum Gasteiger partial charge on any atom is -0.465 e. The highest BCUT2D eigenvalue weighted by Crippen LogP contribution is 2.44. The summed E-state index contributed by atoms with van der Waals surface area (Å²) in [4.78, 5) is 25.0. The zero-order chi connectivity index (χ0) is 29.4. The number of ether oxygens (including phenoxy) is 2. The molecule has 0 radical (unpaired) electrons. The number of fused-ring (bicyclic) bond motifs is 3. The number of methoxy groups -OCH3 is 1. The number of nitrogens with one attached hydrogen (secondary N) is 1. The van der Waals surface area contributed by atoms with E-state index in [1.807, 2.05) is 52.0 Å². The largest absolute Gasteiger partial charge is 0.492 e. The molecule has 0 unspecified atom stereocenters. The Morgan fingerprint density at radius 2 is 1.54 bits per heavy atom. The van der Waals surface area contributed by atoms with Crippen molar-refractivity contribution in [1.82, 2.24) is 5.32 Å². The van der Waals surface area contributed by atoms with Gasteiger partial charge in [0.1, 0.15) is 12.4 Å². The molecule has 1 heterocycles. The van der Waals surface area contributed by atoms with Gasteiger partial charge in [-0.05, 0) is 79.2 Å². The molecule has 5 rings (SSSR count). The van der Waals surface area contributed by atoms with Crippen LogP contribution in [0, 0.1) is 5.82 Å². The molecule has 0 aromatic heterocycles. The lowest BCUT2D eigenvalue weighted by atomic mass is 9.77. The minimum absolute atomic E-state index is 0.0115. The molecule has 1 aliphatic heterocycles. The van der Waals surface area contributed by atoms with Crippen molar-refractivity contribution in [2.24, 2.45) is 0 Å². The number of rotatable bonds is 7. The highest BCUT2D eigenvalue weighted by atomic mass is 19.1. The summed E-state index contributed by atoms with van der Waals surface area (Å²) in [5.74, 6) is -1.33. The Kier molecular flexibility index (Phi) is 7.77. The van der Waals surface area contributed by atoms with Crippen LogP contribution in [0.1, 0.15) is 60.7 Å². The molecule has 1 fully saturated rings. The highest BCUT2D eigenvalue weighted by Gasteiger charge is 2.52. The second kappa shape index (κ2) is 11.1. The molecule has 41 heavy (non-hydrogen) atoms. The van der Waals surface area contributed by atoms with Gasteiger partial charge in [-0.15, -0.1) is 0 Å². The maximum absolute atomic E-state index is 14.4. The average Bonchev–Trinajstić information content (AvgIpc) is 3.37. The van der Waals surface area contributed by atoms with Crippen LogP contribution in [0.3, 0.4) is 0 Å². The van der Waals surface area contributed by atoms with Crippen molar-refractivity contribution in [2.45, 2.75) is 44.8 Å². The van der Waals surface area contributed by atoms with Gasteiger partial charge in [-0.2, -0.15) is 0 Å². The van der Waals surface area contributed by atoms with Crippen molar-refractivity contribution >= 4 is 25.3 Å². The summed E-state index contributed by atoms with van der Waals surface area (Å²) in [6.45, 7) is 7.85. The lowest BCUT2D eigenvalue weighted by Crippen LogP contribution is -2.41. The van der Waals surface area contributed by atoms with Crippen LogP contribution in [0.5, 0.6) is 0 Å². The molecule has 3 aromatic carbocycles. The second-order valence-corrected chi connectivity index (χ2v) is 11.3. The fraction of sp³-hybridized carbons (Fsp3) is 0.312. The summed E-state index contributed by atoms with van der Waals surface area (Å²) in [6, 6.07) is 20.1. The van der Waals surface area contributed by atoms with Gasteiger partial charge < -0.3 is 24.1 Å². The number of hydrogen-bond acceptors (Lipinski definition) is 6. The number of esters is 1. The smallest absolute Gasteiger partial charge is 0.465 e. The number of halogens is 1. The maximum Gasteiger partial charge on any atom is 0.492 e. The topological polar surface area (TPSA) is 83.1 Å². The molecule has 2 aliphatic rings. The van der Waals surface area contributed by atoms with Crippen LogP contribution < -0.4 is 5.32 Å². The molecular formula is C32H33BFNO6. The van der Waals surface area contributed by atoms with Gasteiger partial charge in [0.05, 0.1) is 23.9 Å². The van der Waals surface area contributed by atoms with Crippen LogP contribution in [-0.4, -0.2) is 50.6 Å². The van der Waals surface area contributed by atoms with E-state index in [1.54, 1.807) is 6.08 Å². The molecule has 9 heteroatoms. The standard InChI is InChI=1S/C32H33BFNO6/c1-31(2)32(3,4)41-33(40-31)22(15-20-14-21(29(36)38-5)17-23(34)16-20)18-35-30(37)39-19-28-26-12-8-6-10-24(26)25-11-7-9-13-27(25)28/h6-17,28H,18-19H2,1-5H3,(H,35,37). The predicted octanol–water partition coefficient (Wildman–Crippen LogP) is 6.17. The summed E-state index contributed by atoms with van der Waals surface area (Å²) in [5.41, 5.74) is 4.23. The van der Waals surface area contributed by atoms with Crippen molar-refractivity contribution < 1.29 is 32.8 Å². The van der Waals surface area contributed by atoms with Gasteiger partial charge in [-0.25, -0.2) is 14.0 Å². The normalized spacial score (nSPS) is 17.1. The molecule has 0 atom stereocenters. The molecule has 0 spiro atoms. The third kappa shape index (κ3) is 5.78. The van der Waals surface area contributed by atoms with Crippen molar-refractivity contribution in [3.05, 3.63) is 100 Å². The van der Waals surface area contributed by atoms with Crippen LogP contribution in [-0.2, 0) is 18.8 Å². The van der Waals surface area contributed by atoms with E-state index in [2.05, 4.69) is 29.6 Å². The van der Waals surface area contributed by atoms with E-state index in [0.29, 0.717) is 11.0 Å². The molecule has 1 amide bonds. The first kappa shape index (κ1) is 28.6. The monoisotopic (exact) mass is 557 g/mol. The first-order valence-electron chi connectivity index (χ1n) is 13.5. The Labute approximate surface area is 239 Å². The molecule has 0 saturated carbocycles. The molecule has 7 nitrogen and oxygen atoms in total. The zero-order valence-corrected chi connectivity index (χ0v) is 23.8. The summed E-state index contributed by atoms with van der Waals surface area (Å²) in [6.07, 6.45) is 1.03. The van der Waals surface area contributed by atoms with E-state index in [1.165, 1.54) is 19.2 Å². The fourth-order valence-corrected chi connectivity index (χ4v) is 5.17. The molecule has 1 saturated heterocycles. The van der Waals surface area contributed by atoms with Gasteiger partial charge in [-0.3, -0.25) is 0 Å². The Bertz CT molecular complexity index is 1460. The zero-order valence-electron chi connectivity index (χ0n) is 23.8. The van der Waals surface area contributed by atoms with Gasteiger partial charge in [0.2, 0.25) is 0 Å². The minimum atomic E-state index is -0.821. The molecular weight excluding hydrogens is 524 g/mol. The first-order chi connectivity index (χ1) is 19.5. The van der Waals surface area contributed by atoms with Gasteiger partial charge >= 0.3 is 19.2 Å². The average molecular weight is 557 g/mol. The SMILES string of the molecule is COC(=O)c1cc(F)cc(C=C(CNC(=O)OCC2c3ccccc3-c3ccccc32)B2OC(C)(C)C(C)(C)O2)c1. The third-order valence-corrected chi connectivity index (χ3v) is 8.03. The van der Waals surface area contributed by atoms with Crippen molar-refractivity contribution in [2.75, 3.05) is 20.3 Å². The maximum atomic E-state index is 14.4. The van der Waals surface area contributed by atoms with E-state index in [4.69, 9.17) is 18.8 Å². The summed E-state index contributed by atoms with van der Waals surface area (Å²) < 4.78 is 37.2. The van der Waals surface area contributed by atoms with E-state index in [9.17, 15) is 14.0 Å². The Morgan fingerprint density at radius 1 is 0.951 bits per heavy atom. The lowest BCUT2D eigenvalue weighted by Gasteiger charge is -2.32. The number of carbonyl (C=O) groups is 2. The fourth-order valence-electron chi connectivity index (χ4n) is 5.17. The van der Waals surface area contributed by atoms with Gasteiger partial charge in [0.25, 0.3) is 0 Å². The number of amides is 1. The predicted molar refractivity (Wildman–Crippen MR) is 155 cm³/mol. The van der Waals surface area contributed by atoms with E-state index in [-0.39, 0.29) is 24.6 Å². The summed E-state index contributed by atoms with van der Waals surface area (Å²) in [7, 11) is 0.412. The molecule has 0 bridgehead atoms. The van der Waals surface area contributed by atoms with Crippen LogP contribution in [0.4, 0.5) is 9.18 Å². The summed E-state index contributed by atoms with van der Waals surface area (Å²) >= 11 is 0. The quantitative estimate of drug-likeness (QED) is 0.277. The van der Waals surface area contributed by atoms with Crippen LogP contribution in [0.15, 0.2) is 72.2 Å². The highest BCUT2D eigenvalue weighted by molar-refractivity contribution is 6.56. The molecule has 1 aliphatic carbocycles. The van der Waals surface area contributed by atoms with E-state index < -0.39 is 36.2 Å². The van der Waals surface area contributed by atoms with Gasteiger partial charge in [-0.1, -0.05) is 54.6 Å². The molecule has 212 valence electrons. The van der Waals surface area contributed by atoms with E-state index >= 15 is 0 Å². The third-order valence-electron chi connectivity index (χ3n) is 8.03. The Morgan fingerprint density at radius 3 is 2.12 bits per heavy atom. The number of alkyl carbamates (subject to hydrolysis) is 1. The van der Waals surface area contributed by atoms with Gasteiger partial charge in [0, 0.05) is 12.5 Å². The number of hydrogen-bond donors (Lipinski definition) is 1. The van der Waals surface area contributed by atoms with Crippen molar-refractivity contribution in [1.29, 1.82) is 0 Å². The second-order valence-electron chi connectivity index (χ2n) is 11.3. The first-order valence-corrected chi connectivity index (χ1v) is 13.5. The molecule has 3 aromatic rings. The van der Waals surface area contributed by atoms with Crippen LogP contribution in [0.2, 0.25) is 0 Å². The van der Waals surface area contributed by atoms with Crippen LogP contribution >= 0.6 is 0 Å². The Hall–Kier alpha value is -3.95.